The molecule has 12 nitrogen and oxygen atoms in total. The summed E-state index contributed by atoms with van der Waals surface area (Å²) in [6, 6.07) is 26.7. The van der Waals surface area contributed by atoms with Crippen LogP contribution < -0.4 is 16.8 Å². The number of sulfonamides is 2. The summed E-state index contributed by atoms with van der Waals surface area (Å²) in [5, 5.41) is 2.81. The van der Waals surface area contributed by atoms with E-state index in [1.165, 1.54) is 6.92 Å². The fraction of sp³-hybridized carbons (Fsp3) is 0.475. The molecule has 5 N–H and O–H groups in total. The SMILES string of the molecule is CC(=O)CN(CC(CC(=O)C(CCCCN)NC(=O)CN(CC(C)Cc1ccccc1)S(=O)(=O)CCN)Cc1ccccc1)S(=O)(=O)Cc1ccccc1. The van der Waals surface area contributed by atoms with Crippen LogP contribution in [0.25, 0.3) is 0 Å². The Bertz CT molecular complexity index is 1810. The van der Waals surface area contributed by atoms with Gasteiger partial charge in [-0.05, 0) is 74.1 Å². The Balaban J connectivity index is 1.85. The highest BCUT2D eigenvalue weighted by atomic mass is 32.2. The molecule has 0 spiro atoms. The summed E-state index contributed by atoms with van der Waals surface area (Å²) in [6.45, 7) is 2.67. The van der Waals surface area contributed by atoms with Crippen LogP contribution in [0.4, 0.5) is 0 Å². The molecule has 0 heterocycles. The smallest absolute Gasteiger partial charge is 0.235 e. The molecule has 0 bridgehead atoms. The van der Waals surface area contributed by atoms with Crippen LogP contribution in [-0.4, -0.2) is 94.0 Å². The van der Waals surface area contributed by atoms with E-state index in [9.17, 15) is 31.2 Å². The van der Waals surface area contributed by atoms with Crippen LogP contribution in [-0.2, 0) is 53.0 Å². The van der Waals surface area contributed by atoms with E-state index >= 15 is 0 Å². The summed E-state index contributed by atoms with van der Waals surface area (Å²) in [5.74, 6) is -2.59. The number of carbonyl (C=O) groups excluding carboxylic acids is 3. The second-order valence-electron chi connectivity index (χ2n) is 14.1. The minimum absolute atomic E-state index is 0.0824. The quantitative estimate of drug-likeness (QED) is 0.103. The second-order valence-corrected chi connectivity index (χ2v) is 18.1. The van der Waals surface area contributed by atoms with E-state index in [0.717, 1.165) is 19.7 Å². The first-order valence-electron chi connectivity index (χ1n) is 18.5. The average molecular weight is 784 g/mol. The highest BCUT2D eigenvalue weighted by molar-refractivity contribution is 7.89. The number of rotatable bonds is 26. The molecule has 3 rings (SSSR count). The van der Waals surface area contributed by atoms with Gasteiger partial charge in [-0.3, -0.25) is 14.4 Å². The summed E-state index contributed by atoms with van der Waals surface area (Å²) in [7, 11) is -7.86. The van der Waals surface area contributed by atoms with Crippen LogP contribution in [0.5, 0.6) is 0 Å². The van der Waals surface area contributed by atoms with Gasteiger partial charge in [0.2, 0.25) is 26.0 Å². The minimum atomic E-state index is -3.97. The van der Waals surface area contributed by atoms with Crippen molar-refractivity contribution in [1.29, 1.82) is 0 Å². The highest BCUT2D eigenvalue weighted by Crippen LogP contribution is 2.21. The third-order valence-electron chi connectivity index (χ3n) is 9.01. The number of nitrogens with two attached hydrogens (primary N) is 2. The zero-order valence-electron chi connectivity index (χ0n) is 31.5. The molecular formula is C40H57N5O7S2. The predicted octanol–water partition coefficient (Wildman–Crippen LogP) is 3.31. The third-order valence-corrected chi connectivity index (χ3v) is 12.6. The first-order valence-corrected chi connectivity index (χ1v) is 21.7. The zero-order chi connectivity index (χ0) is 39.6. The summed E-state index contributed by atoms with van der Waals surface area (Å²) < 4.78 is 56.3. The molecule has 3 aromatic rings. The van der Waals surface area contributed by atoms with Crippen LogP contribution in [0.3, 0.4) is 0 Å². The molecule has 3 aromatic carbocycles. The molecule has 0 aliphatic heterocycles. The first-order chi connectivity index (χ1) is 25.7. The number of hydrogen-bond donors (Lipinski definition) is 3. The number of benzene rings is 3. The van der Waals surface area contributed by atoms with Gasteiger partial charge in [0, 0.05) is 26.1 Å². The molecule has 14 heteroatoms. The Labute approximate surface area is 321 Å². The van der Waals surface area contributed by atoms with Gasteiger partial charge in [-0.15, -0.1) is 0 Å². The van der Waals surface area contributed by atoms with Crippen LogP contribution in [0.1, 0.15) is 56.2 Å². The molecule has 0 aliphatic carbocycles. The molecule has 296 valence electrons. The van der Waals surface area contributed by atoms with Crippen molar-refractivity contribution < 1.29 is 31.2 Å². The van der Waals surface area contributed by atoms with Gasteiger partial charge in [0.05, 0.1) is 30.6 Å². The summed E-state index contributed by atoms with van der Waals surface area (Å²) in [4.78, 5) is 40.1. The molecule has 0 aliphatic rings. The molecule has 0 aromatic heterocycles. The zero-order valence-corrected chi connectivity index (χ0v) is 33.1. The van der Waals surface area contributed by atoms with Gasteiger partial charge in [0.15, 0.2) is 5.78 Å². The normalized spacial score (nSPS) is 13.7. The first kappa shape index (κ1) is 44.6. The standard InChI is InChI=1S/C40H57N5O7S2/c1-32(24-34-14-6-3-7-15-34)27-44(53(49,50)23-22-42)30-40(48)43-38(20-12-13-21-41)39(47)26-37(25-35-16-8-4-9-17-35)29-45(28-33(2)46)54(51,52)31-36-18-10-5-11-19-36/h3-11,14-19,32,37-38H,12-13,20-31,41-42H2,1-2H3,(H,43,48). The molecule has 0 saturated carbocycles. The number of unbranched alkanes of at least 4 members (excludes halogenated alkanes) is 1. The number of Topliss-reactive ketones (excluding diaryl/α,β-unsaturated/α-hetero) is 2. The third kappa shape index (κ3) is 15.9. The number of ketones is 2. The predicted molar refractivity (Wildman–Crippen MR) is 213 cm³/mol. The Morgan fingerprint density at radius 1 is 0.685 bits per heavy atom. The Morgan fingerprint density at radius 2 is 1.22 bits per heavy atom. The number of hydrogen-bond acceptors (Lipinski definition) is 9. The average Bonchev–Trinajstić information content (AvgIpc) is 3.11. The van der Waals surface area contributed by atoms with Crippen molar-refractivity contribution in [2.75, 3.05) is 45.0 Å². The van der Waals surface area contributed by atoms with E-state index in [0.29, 0.717) is 37.8 Å². The van der Waals surface area contributed by atoms with Gasteiger partial charge >= 0.3 is 0 Å². The fourth-order valence-corrected chi connectivity index (χ4v) is 9.42. The maximum absolute atomic E-state index is 14.2. The summed E-state index contributed by atoms with van der Waals surface area (Å²) in [6.07, 6.45) is 2.24. The molecule has 3 unspecified atom stereocenters. The largest absolute Gasteiger partial charge is 0.345 e. The monoisotopic (exact) mass is 783 g/mol. The second kappa shape index (κ2) is 22.6. The number of carbonyl (C=O) groups is 3. The van der Waals surface area contributed by atoms with Crippen molar-refractivity contribution in [3.05, 3.63) is 108 Å². The van der Waals surface area contributed by atoms with Crippen molar-refractivity contribution in [2.45, 2.75) is 64.2 Å². The lowest BCUT2D eigenvalue weighted by Crippen LogP contribution is -2.49. The van der Waals surface area contributed by atoms with Gasteiger partial charge < -0.3 is 16.8 Å². The lowest BCUT2D eigenvalue weighted by Gasteiger charge is -2.28. The van der Waals surface area contributed by atoms with Gasteiger partial charge in [0.1, 0.15) is 5.78 Å². The lowest BCUT2D eigenvalue weighted by atomic mass is 9.90. The molecular weight excluding hydrogens is 727 g/mol. The van der Waals surface area contributed by atoms with Crippen LogP contribution in [0.15, 0.2) is 91.0 Å². The highest BCUT2D eigenvalue weighted by Gasteiger charge is 2.32. The van der Waals surface area contributed by atoms with E-state index in [1.54, 1.807) is 30.3 Å². The number of amides is 1. The van der Waals surface area contributed by atoms with Crippen molar-refractivity contribution in [2.24, 2.45) is 23.3 Å². The topological polar surface area (TPSA) is 190 Å². The van der Waals surface area contributed by atoms with E-state index in [2.05, 4.69) is 5.32 Å². The summed E-state index contributed by atoms with van der Waals surface area (Å²) >= 11 is 0. The van der Waals surface area contributed by atoms with Gasteiger partial charge in [-0.25, -0.2) is 16.8 Å². The number of nitrogens with one attached hydrogen (secondary N) is 1. The van der Waals surface area contributed by atoms with Crippen molar-refractivity contribution in [1.82, 2.24) is 13.9 Å². The Kier molecular flexibility index (Phi) is 18.6. The van der Waals surface area contributed by atoms with Crippen LogP contribution in [0, 0.1) is 11.8 Å². The fourth-order valence-electron chi connectivity index (χ4n) is 6.45. The van der Waals surface area contributed by atoms with E-state index in [-0.39, 0.29) is 68.0 Å². The molecule has 0 fully saturated rings. The van der Waals surface area contributed by atoms with Crippen molar-refractivity contribution in [3.63, 3.8) is 0 Å². The van der Waals surface area contributed by atoms with Gasteiger partial charge in [0.25, 0.3) is 0 Å². The van der Waals surface area contributed by atoms with Crippen LogP contribution >= 0.6 is 0 Å². The number of nitrogens with zero attached hydrogens (tertiary/aromatic N) is 2. The summed E-state index contributed by atoms with van der Waals surface area (Å²) in [5.41, 5.74) is 13.9. The van der Waals surface area contributed by atoms with E-state index < -0.39 is 44.5 Å². The minimum Gasteiger partial charge on any atom is -0.345 e. The van der Waals surface area contributed by atoms with E-state index in [1.807, 2.05) is 67.6 Å². The Hall–Kier alpha value is -3.79. The van der Waals surface area contributed by atoms with Gasteiger partial charge in [-0.2, -0.15) is 8.61 Å². The lowest BCUT2D eigenvalue weighted by molar-refractivity contribution is -0.128. The van der Waals surface area contributed by atoms with Crippen molar-refractivity contribution >= 4 is 37.5 Å². The Morgan fingerprint density at radius 3 is 1.76 bits per heavy atom. The molecule has 54 heavy (non-hydrogen) atoms. The molecule has 0 saturated heterocycles. The van der Waals surface area contributed by atoms with Gasteiger partial charge in [-0.1, -0.05) is 97.9 Å². The molecule has 0 radical (unpaired) electrons. The molecule has 3 atom stereocenters. The maximum atomic E-state index is 14.2. The molecule has 1 amide bonds. The van der Waals surface area contributed by atoms with Crippen molar-refractivity contribution in [3.8, 4) is 0 Å². The van der Waals surface area contributed by atoms with Crippen LogP contribution in [0.2, 0.25) is 0 Å². The maximum Gasteiger partial charge on any atom is 0.235 e. The van der Waals surface area contributed by atoms with E-state index in [4.69, 9.17) is 11.5 Å².